The normalized spacial score (nSPS) is 11.9. The molecule has 0 aliphatic heterocycles. The summed E-state index contributed by atoms with van der Waals surface area (Å²) in [7, 11) is 0. The Balaban J connectivity index is 1.21. The average molecular weight is 731 g/mol. The van der Waals surface area contributed by atoms with Crippen molar-refractivity contribution in [2.75, 3.05) is 0 Å². The predicted molar refractivity (Wildman–Crippen MR) is 230 cm³/mol. The molecule has 6 heteroatoms. The molecule has 0 amide bonds. The number of benzene rings is 8. The highest BCUT2D eigenvalue weighted by molar-refractivity contribution is 6.18. The van der Waals surface area contributed by atoms with Crippen molar-refractivity contribution in [1.29, 1.82) is 0 Å². The van der Waals surface area contributed by atoms with Gasteiger partial charge in [-0.2, -0.15) is 0 Å². The maximum atomic E-state index is 6.55. The predicted octanol–water partition coefficient (Wildman–Crippen LogP) is 13.4. The number of aromatic nitrogens is 4. The molecule has 0 spiro atoms. The van der Waals surface area contributed by atoms with Crippen LogP contribution in [0.4, 0.5) is 0 Å². The first-order chi connectivity index (χ1) is 28.3. The van der Waals surface area contributed by atoms with Crippen molar-refractivity contribution in [2.24, 2.45) is 0 Å². The Morgan fingerprint density at radius 3 is 1.51 bits per heavy atom. The molecule has 0 fully saturated rings. The van der Waals surface area contributed by atoms with Crippen molar-refractivity contribution in [1.82, 2.24) is 19.5 Å². The summed E-state index contributed by atoms with van der Waals surface area (Å²) in [6, 6.07) is 62.4. The van der Waals surface area contributed by atoms with E-state index < -0.39 is 0 Å². The monoisotopic (exact) mass is 730 g/mol. The Morgan fingerprint density at radius 1 is 0.316 bits per heavy atom. The van der Waals surface area contributed by atoms with Crippen molar-refractivity contribution in [3.8, 4) is 51.0 Å². The molecule has 266 valence electrons. The first kappa shape index (κ1) is 31.5. The van der Waals surface area contributed by atoms with Crippen LogP contribution >= 0.6 is 0 Å². The summed E-state index contributed by atoms with van der Waals surface area (Å²) < 4.78 is 15.4. The summed E-state index contributed by atoms with van der Waals surface area (Å²) >= 11 is 0. The molecule has 0 unspecified atom stereocenters. The molecule has 12 aromatic rings. The standard InChI is InChI=1S/C51H30N4O2/c1-3-15-31(16-4-1)33-22-13-27-42-45(33)46-37(23-14-28-43(46)57-42)50-52-49(32-17-5-2-6-18-32)53-51(54-50)38-29-30-44-47(36-21-9-12-26-41(36)56-44)48(38)55-39-24-10-7-19-34(39)35-20-8-11-25-40(35)55/h1-30H. The van der Waals surface area contributed by atoms with Crippen LogP contribution in [0.2, 0.25) is 0 Å². The van der Waals surface area contributed by atoms with Gasteiger partial charge in [0.05, 0.1) is 22.1 Å². The number of rotatable bonds is 5. The van der Waals surface area contributed by atoms with Gasteiger partial charge in [0.2, 0.25) is 0 Å². The Kier molecular flexibility index (Phi) is 6.83. The molecular weight excluding hydrogens is 701 g/mol. The molecule has 0 atom stereocenters. The molecular formula is C51H30N4O2. The third kappa shape index (κ3) is 4.81. The smallest absolute Gasteiger partial charge is 0.166 e. The summed E-state index contributed by atoms with van der Waals surface area (Å²) in [4.78, 5) is 16.0. The second-order valence-corrected chi connectivity index (χ2v) is 14.3. The van der Waals surface area contributed by atoms with Gasteiger partial charge in [-0.15, -0.1) is 0 Å². The molecule has 8 aromatic carbocycles. The molecule has 4 aromatic heterocycles. The lowest BCUT2D eigenvalue weighted by Crippen LogP contribution is -2.04. The largest absolute Gasteiger partial charge is 0.456 e. The zero-order chi connectivity index (χ0) is 37.5. The van der Waals surface area contributed by atoms with Crippen LogP contribution in [0.25, 0.3) is 117 Å². The fourth-order valence-corrected chi connectivity index (χ4v) is 8.62. The van der Waals surface area contributed by atoms with Crippen LogP contribution in [0.3, 0.4) is 0 Å². The summed E-state index contributed by atoms with van der Waals surface area (Å²) in [5.41, 5.74) is 11.1. The Bertz CT molecular complexity index is 3470. The molecule has 0 saturated carbocycles. The molecule has 0 saturated heterocycles. The SMILES string of the molecule is c1ccc(-c2nc(-c3ccc4oc5ccccc5c4c3-n3c4ccccc4c4ccccc43)nc(-c3cccc4oc5cccc(-c6ccccc6)c5c34)n2)cc1. The molecule has 6 nitrogen and oxygen atoms in total. The van der Waals surface area contributed by atoms with E-state index in [4.69, 9.17) is 23.8 Å². The zero-order valence-electron chi connectivity index (χ0n) is 30.4. The third-order valence-corrected chi connectivity index (χ3v) is 11.1. The van der Waals surface area contributed by atoms with Gasteiger partial charge in [0.25, 0.3) is 0 Å². The van der Waals surface area contributed by atoms with Gasteiger partial charge >= 0.3 is 0 Å². The zero-order valence-corrected chi connectivity index (χ0v) is 30.4. The number of fused-ring (bicyclic) bond motifs is 9. The van der Waals surface area contributed by atoms with Crippen LogP contribution < -0.4 is 0 Å². The number of hydrogen-bond donors (Lipinski definition) is 0. The van der Waals surface area contributed by atoms with E-state index in [1.807, 2.05) is 78.9 Å². The minimum Gasteiger partial charge on any atom is -0.456 e. The lowest BCUT2D eigenvalue weighted by molar-refractivity contribution is 0.668. The Hall–Kier alpha value is -7.83. The summed E-state index contributed by atoms with van der Waals surface area (Å²) in [5, 5.41) is 6.33. The molecule has 0 N–H and O–H groups in total. The lowest BCUT2D eigenvalue weighted by Gasteiger charge is -2.16. The number of para-hydroxylation sites is 3. The van der Waals surface area contributed by atoms with Gasteiger partial charge in [-0.1, -0.05) is 140 Å². The Morgan fingerprint density at radius 2 is 0.807 bits per heavy atom. The summed E-state index contributed by atoms with van der Waals surface area (Å²) in [5.74, 6) is 1.69. The first-order valence-electron chi connectivity index (χ1n) is 19.0. The summed E-state index contributed by atoms with van der Waals surface area (Å²) in [6.07, 6.45) is 0. The highest BCUT2D eigenvalue weighted by Crippen LogP contribution is 2.45. The van der Waals surface area contributed by atoms with Crippen molar-refractivity contribution in [3.63, 3.8) is 0 Å². The van der Waals surface area contributed by atoms with E-state index in [9.17, 15) is 0 Å². The molecule has 12 rings (SSSR count). The van der Waals surface area contributed by atoms with Crippen LogP contribution in [0.15, 0.2) is 191 Å². The molecule has 0 radical (unpaired) electrons. The molecule has 0 bridgehead atoms. The van der Waals surface area contributed by atoms with E-state index in [0.29, 0.717) is 17.5 Å². The maximum absolute atomic E-state index is 6.55. The van der Waals surface area contributed by atoms with Gasteiger partial charge in [0.1, 0.15) is 22.3 Å². The fourth-order valence-electron chi connectivity index (χ4n) is 8.62. The van der Waals surface area contributed by atoms with Gasteiger partial charge < -0.3 is 13.4 Å². The van der Waals surface area contributed by atoms with Gasteiger partial charge in [0.15, 0.2) is 17.5 Å². The molecule has 0 aliphatic rings. The molecule has 57 heavy (non-hydrogen) atoms. The quantitative estimate of drug-likeness (QED) is 0.176. The van der Waals surface area contributed by atoms with Crippen LogP contribution in [-0.4, -0.2) is 19.5 Å². The highest BCUT2D eigenvalue weighted by Gasteiger charge is 2.25. The van der Waals surface area contributed by atoms with Crippen molar-refractivity contribution in [2.45, 2.75) is 0 Å². The van der Waals surface area contributed by atoms with E-state index in [-0.39, 0.29) is 0 Å². The topological polar surface area (TPSA) is 69.9 Å². The van der Waals surface area contributed by atoms with Crippen LogP contribution in [-0.2, 0) is 0 Å². The second kappa shape index (κ2) is 12.3. The van der Waals surface area contributed by atoms with Gasteiger partial charge in [-0.3, -0.25) is 0 Å². The van der Waals surface area contributed by atoms with Crippen molar-refractivity contribution >= 4 is 65.7 Å². The first-order valence-corrected chi connectivity index (χ1v) is 19.0. The van der Waals surface area contributed by atoms with Gasteiger partial charge in [-0.25, -0.2) is 15.0 Å². The molecule has 0 aliphatic carbocycles. The maximum Gasteiger partial charge on any atom is 0.166 e. The average Bonchev–Trinajstić information content (AvgIpc) is 3.96. The van der Waals surface area contributed by atoms with Gasteiger partial charge in [0, 0.05) is 43.6 Å². The van der Waals surface area contributed by atoms with Crippen LogP contribution in [0, 0.1) is 0 Å². The van der Waals surface area contributed by atoms with Crippen LogP contribution in [0.5, 0.6) is 0 Å². The second-order valence-electron chi connectivity index (χ2n) is 14.3. The van der Waals surface area contributed by atoms with E-state index in [1.165, 1.54) is 0 Å². The fraction of sp³-hybridized carbons (Fsp3) is 0. The van der Waals surface area contributed by atoms with Crippen molar-refractivity contribution in [3.05, 3.63) is 182 Å². The molecule has 4 heterocycles. The number of nitrogens with zero attached hydrogens (tertiary/aromatic N) is 4. The minimum absolute atomic E-state index is 0.552. The van der Waals surface area contributed by atoms with Gasteiger partial charge in [-0.05, 0) is 53.6 Å². The van der Waals surface area contributed by atoms with E-state index in [2.05, 4.69) is 108 Å². The van der Waals surface area contributed by atoms with Crippen LogP contribution in [0.1, 0.15) is 0 Å². The van der Waals surface area contributed by atoms with E-state index in [0.717, 1.165) is 99.2 Å². The van der Waals surface area contributed by atoms with E-state index >= 15 is 0 Å². The number of hydrogen-bond acceptors (Lipinski definition) is 5. The van der Waals surface area contributed by atoms with E-state index in [1.54, 1.807) is 0 Å². The lowest BCUT2D eigenvalue weighted by atomic mass is 9.97. The Labute approximate surface area is 325 Å². The minimum atomic E-state index is 0.552. The summed E-state index contributed by atoms with van der Waals surface area (Å²) in [6.45, 7) is 0. The highest BCUT2D eigenvalue weighted by atomic mass is 16.3. The third-order valence-electron chi connectivity index (χ3n) is 11.1. The van der Waals surface area contributed by atoms with Crippen molar-refractivity contribution < 1.29 is 8.83 Å². The number of furan rings is 2.